The second-order valence-electron chi connectivity index (χ2n) is 4.26. The molecular formula is C14H7BrCl2O2S. The molecule has 1 aromatic carbocycles. The van der Waals surface area contributed by atoms with Gasteiger partial charge in [0.1, 0.15) is 9.92 Å². The van der Waals surface area contributed by atoms with Crippen LogP contribution in [0.3, 0.4) is 0 Å². The molecule has 0 aliphatic heterocycles. The first kappa shape index (κ1) is 14.1. The predicted molar refractivity (Wildman–Crippen MR) is 86.4 cm³/mol. The smallest absolute Gasteiger partial charge is 0.230 e. The van der Waals surface area contributed by atoms with Crippen LogP contribution in [0.25, 0.3) is 11.0 Å². The molecule has 0 unspecified atom stereocenters. The maximum Gasteiger partial charge on any atom is 0.230 e. The fourth-order valence-electron chi connectivity index (χ4n) is 2.03. The molecule has 0 saturated carbocycles. The van der Waals surface area contributed by atoms with E-state index in [1.54, 1.807) is 6.07 Å². The molecule has 0 bridgehead atoms. The van der Waals surface area contributed by atoms with Gasteiger partial charge < -0.3 is 4.42 Å². The fraction of sp³-hybridized carbons (Fsp3) is 0.0714. The largest absolute Gasteiger partial charge is 0.452 e. The molecule has 0 spiro atoms. The number of carbonyl (C=O) groups is 1. The van der Waals surface area contributed by atoms with Crippen molar-refractivity contribution in [3.8, 4) is 0 Å². The highest BCUT2D eigenvalue weighted by molar-refractivity contribution is 9.10. The Balaban J connectivity index is 2.17. The van der Waals surface area contributed by atoms with Gasteiger partial charge in [0, 0.05) is 15.4 Å². The van der Waals surface area contributed by atoms with Crippen LogP contribution in [-0.2, 0) is 0 Å². The highest BCUT2D eigenvalue weighted by Crippen LogP contribution is 2.35. The molecule has 0 aliphatic carbocycles. The lowest BCUT2D eigenvalue weighted by Crippen LogP contribution is -2.00. The Morgan fingerprint density at radius 1 is 1.30 bits per heavy atom. The molecule has 0 radical (unpaired) electrons. The summed E-state index contributed by atoms with van der Waals surface area (Å²) in [6, 6.07) is 7.23. The van der Waals surface area contributed by atoms with E-state index >= 15 is 0 Å². The molecule has 6 heteroatoms. The van der Waals surface area contributed by atoms with Crippen molar-refractivity contribution >= 4 is 67.2 Å². The molecular weight excluding hydrogens is 383 g/mol. The highest BCUT2D eigenvalue weighted by atomic mass is 79.9. The highest BCUT2D eigenvalue weighted by Gasteiger charge is 2.23. The molecule has 102 valence electrons. The molecule has 2 heterocycles. The molecule has 0 amide bonds. The van der Waals surface area contributed by atoms with Crippen molar-refractivity contribution in [1.29, 1.82) is 0 Å². The van der Waals surface area contributed by atoms with Gasteiger partial charge in [-0.2, -0.15) is 0 Å². The minimum absolute atomic E-state index is 0.247. The van der Waals surface area contributed by atoms with Crippen LogP contribution in [-0.4, -0.2) is 5.78 Å². The number of fused-ring (bicyclic) bond motifs is 1. The van der Waals surface area contributed by atoms with E-state index in [0.29, 0.717) is 25.6 Å². The van der Waals surface area contributed by atoms with Gasteiger partial charge in [0.15, 0.2) is 5.76 Å². The van der Waals surface area contributed by atoms with Gasteiger partial charge in [-0.05, 0) is 31.2 Å². The maximum atomic E-state index is 12.5. The average Bonchev–Trinajstić information content (AvgIpc) is 2.89. The zero-order chi connectivity index (χ0) is 14.4. The van der Waals surface area contributed by atoms with Gasteiger partial charge in [-0.25, -0.2) is 0 Å². The van der Waals surface area contributed by atoms with E-state index < -0.39 is 0 Å². The normalized spacial score (nSPS) is 11.2. The molecule has 3 rings (SSSR count). The van der Waals surface area contributed by atoms with Crippen LogP contribution >= 0.6 is 50.5 Å². The van der Waals surface area contributed by atoms with Crippen LogP contribution in [0.2, 0.25) is 8.67 Å². The third kappa shape index (κ3) is 2.31. The Hall–Kier alpha value is -0.810. The van der Waals surface area contributed by atoms with E-state index in [0.717, 1.165) is 15.4 Å². The van der Waals surface area contributed by atoms with Crippen LogP contribution in [0, 0.1) is 6.92 Å². The number of hydrogen-bond acceptors (Lipinski definition) is 3. The zero-order valence-electron chi connectivity index (χ0n) is 10.2. The van der Waals surface area contributed by atoms with Crippen LogP contribution in [0.5, 0.6) is 0 Å². The molecule has 0 aliphatic rings. The van der Waals surface area contributed by atoms with Crippen molar-refractivity contribution in [1.82, 2.24) is 0 Å². The number of ketones is 1. The lowest BCUT2D eigenvalue weighted by molar-refractivity contribution is 0.101. The average molecular weight is 390 g/mol. The quantitative estimate of drug-likeness (QED) is 0.495. The van der Waals surface area contributed by atoms with Crippen molar-refractivity contribution in [2.24, 2.45) is 0 Å². The van der Waals surface area contributed by atoms with E-state index in [4.69, 9.17) is 27.6 Å². The van der Waals surface area contributed by atoms with Crippen molar-refractivity contribution in [2.75, 3.05) is 0 Å². The molecule has 2 nitrogen and oxygen atoms in total. The van der Waals surface area contributed by atoms with Crippen molar-refractivity contribution in [3.63, 3.8) is 0 Å². The Labute approximate surface area is 137 Å². The summed E-state index contributed by atoms with van der Waals surface area (Å²) in [4.78, 5) is 12.5. The van der Waals surface area contributed by atoms with Gasteiger partial charge >= 0.3 is 0 Å². The van der Waals surface area contributed by atoms with Gasteiger partial charge in [-0.15, -0.1) is 11.3 Å². The van der Waals surface area contributed by atoms with Crippen molar-refractivity contribution < 1.29 is 9.21 Å². The first-order chi connectivity index (χ1) is 9.47. The molecule has 0 atom stereocenters. The van der Waals surface area contributed by atoms with Crippen LogP contribution in [0.4, 0.5) is 0 Å². The monoisotopic (exact) mass is 388 g/mol. The number of aryl methyl sites for hydroxylation is 1. The summed E-state index contributed by atoms with van der Waals surface area (Å²) in [5, 5.41) is 0.911. The summed E-state index contributed by atoms with van der Waals surface area (Å²) in [5.41, 5.74) is 1.84. The Bertz CT molecular complexity index is 835. The third-order valence-electron chi connectivity index (χ3n) is 3.01. The van der Waals surface area contributed by atoms with Gasteiger partial charge in [-0.1, -0.05) is 39.1 Å². The molecule has 0 saturated heterocycles. The van der Waals surface area contributed by atoms with E-state index in [-0.39, 0.29) is 5.78 Å². The topological polar surface area (TPSA) is 30.2 Å². The lowest BCUT2D eigenvalue weighted by Gasteiger charge is -1.96. The minimum atomic E-state index is -0.247. The number of benzene rings is 1. The number of carbonyl (C=O) groups excluding carboxylic acids is 1. The van der Waals surface area contributed by atoms with Crippen LogP contribution in [0.1, 0.15) is 21.7 Å². The second kappa shape index (κ2) is 5.19. The third-order valence-corrected chi connectivity index (χ3v) is 4.99. The van der Waals surface area contributed by atoms with Crippen LogP contribution in [0.15, 0.2) is 33.2 Å². The number of hydrogen-bond donors (Lipinski definition) is 0. The summed E-state index contributed by atoms with van der Waals surface area (Å²) >= 11 is 16.5. The van der Waals surface area contributed by atoms with E-state index in [1.165, 1.54) is 11.3 Å². The van der Waals surface area contributed by atoms with E-state index in [2.05, 4.69) is 15.9 Å². The predicted octanol–water partition coefficient (Wildman–Crippen LogP) is 6.10. The Morgan fingerprint density at radius 3 is 2.70 bits per heavy atom. The van der Waals surface area contributed by atoms with E-state index in [9.17, 15) is 4.79 Å². The molecule has 20 heavy (non-hydrogen) atoms. The van der Waals surface area contributed by atoms with Gasteiger partial charge in [0.25, 0.3) is 0 Å². The summed E-state index contributed by atoms with van der Waals surface area (Å²) in [5.74, 6) is 0.0532. The second-order valence-corrected chi connectivity index (χ2v) is 7.46. The van der Waals surface area contributed by atoms with Crippen molar-refractivity contribution in [3.05, 3.63) is 54.3 Å². The van der Waals surface area contributed by atoms with Crippen molar-refractivity contribution in [2.45, 2.75) is 6.92 Å². The molecule has 0 N–H and O–H groups in total. The van der Waals surface area contributed by atoms with E-state index in [1.807, 2.05) is 25.1 Å². The zero-order valence-corrected chi connectivity index (χ0v) is 14.1. The van der Waals surface area contributed by atoms with Gasteiger partial charge in [0.05, 0.1) is 9.90 Å². The first-order valence-electron chi connectivity index (χ1n) is 5.65. The maximum absolute atomic E-state index is 12.5. The minimum Gasteiger partial charge on any atom is -0.452 e. The van der Waals surface area contributed by atoms with Gasteiger partial charge in [0.2, 0.25) is 5.78 Å². The number of rotatable bonds is 2. The Kier molecular flexibility index (Phi) is 3.67. The lowest BCUT2D eigenvalue weighted by atomic mass is 10.1. The number of furan rings is 1. The summed E-state index contributed by atoms with van der Waals surface area (Å²) in [7, 11) is 0. The fourth-order valence-corrected chi connectivity index (χ4v) is 3.83. The van der Waals surface area contributed by atoms with Crippen LogP contribution < -0.4 is 0 Å². The number of halogens is 3. The first-order valence-corrected chi connectivity index (χ1v) is 8.02. The Morgan fingerprint density at radius 2 is 2.05 bits per heavy atom. The molecule has 3 aromatic rings. The standard InChI is InChI=1S/C14H7BrCl2O2S/c1-6-8-3-2-7(15)4-10(8)19-13(6)12(18)9-5-11(16)20-14(9)17/h2-5H,1H3. The SMILES string of the molecule is Cc1c(C(=O)c2cc(Cl)sc2Cl)oc2cc(Br)ccc12. The number of thiophene rings is 1. The summed E-state index contributed by atoms with van der Waals surface area (Å²) < 4.78 is 7.44. The van der Waals surface area contributed by atoms with Gasteiger partial charge in [-0.3, -0.25) is 4.79 Å². The molecule has 0 fully saturated rings. The summed E-state index contributed by atoms with van der Waals surface area (Å²) in [6.07, 6.45) is 0. The molecule has 2 aromatic heterocycles. The summed E-state index contributed by atoms with van der Waals surface area (Å²) in [6.45, 7) is 1.86.